The molecule has 3 aromatic rings. The van der Waals surface area contributed by atoms with Crippen LogP contribution in [-0.2, 0) is 0 Å². The Labute approximate surface area is 182 Å². The summed E-state index contributed by atoms with van der Waals surface area (Å²) in [4.78, 5) is 17.9. The molecule has 2 aliphatic rings. The van der Waals surface area contributed by atoms with E-state index in [9.17, 15) is 0 Å². The maximum atomic E-state index is 6.28. The van der Waals surface area contributed by atoms with Gasteiger partial charge in [-0.15, -0.1) is 0 Å². The Kier molecular flexibility index (Phi) is 5.80. The van der Waals surface area contributed by atoms with Crippen LogP contribution in [0.1, 0.15) is 50.0 Å². The topological polar surface area (TPSA) is 111 Å². The van der Waals surface area contributed by atoms with Crippen molar-refractivity contribution >= 4 is 22.7 Å². The number of nitrogens with one attached hydrogen (secondary N) is 2. The minimum absolute atomic E-state index is 0.147. The van der Waals surface area contributed by atoms with E-state index in [0.717, 1.165) is 74.3 Å². The molecule has 0 unspecified atom stereocenters. The molecule has 1 aliphatic carbocycles. The third-order valence-electron chi connectivity index (χ3n) is 6.34. The van der Waals surface area contributed by atoms with Gasteiger partial charge in [-0.3, -0.25) is 4.98 Å². The van der Waals surface area contributed by atoms with E-state index in [1.807, 2.05) is 24.5 Å². The molecule has 4 N–H and O–H groups in total. The van der Waals surface area contributed by atoms with Gasteiger partial charge in [0, 0.05) is 42.6 Å². The molecule has 1 aromatic carbocycles. The van der Waals surface area contributed by atoms with Gasteiger partial charge in [-0.1, -0.05) is 0 Å². The lowest BCUT2D eigenvalue weighted by molar-refractivity contribution is 0.152. The van der Waals surface area contributed by atoms with Gasteiger partial charge in [-0.25, -0.2) is 15.0 Å². The van der Waals surface area contributed by atoms with E-state index in [4.69, 9.17) is 10.5 Å². The van der Waals surface area contributed by atoms with Gasteiger partial charge >= 0.3 is 0 Å². The number of hydrogen-bond acceptors (Lipinski definition) is 8. The molecule has 0 spiro atoms. The molecular weight excluding hydrogens is 390 g/mol. The van der Waals surface area contributed by atoms with Gasteiger partial charge in [0.05, 0.1) is 11.6 Å². The molecule has 162 valence electrons. The first-order valence-electron chi connectivity index (χ1n) is 11.2. The van der Waals surface area contributed by atoms with Crippen LogP contribution in [0.2, 0.25) is 0 Å². The number of nitrogens with zero attached hydrogens (tertiary/aromatic N) is 4. The van der Waals surface area contributed by atoms with Crippen LogP contribution in [0.4, 0.5) is 11.6 Å². The maximum absolute atomic E-state index is 6.28. The second kappa shape index (κ2) is 9.01. The van der Waals surface area contributed by atoms with E-state index >= 15 is 0 Å². The fraction of sp³-hybridized carbons (Fsp3) is 0.478. The highest BCUT2D eigenvalue weighted by molar-refractivity contribution is 5.84. The standard InChI is InChI=1S/C23H29N7O/c24-17-11-20-22(27-10-9-26-20)21(12-17)31-19-3-1-18(2-4-19)30-23-28-13-16(14-29-23)15-5-7-25-8-6-15/h9-15,18-19,25H,1-8,24H2,(H,28,29,30). The van der Waals surface area contributed by atoms with Crippen LogP contribution in [-0.4, -0.2) is 45.2 Å². The number of rotatable bonds is 5. The predicted molar refractivity (Wildman–Crippen MR) is 121 cm³/mol. The van der Waals surface area contributed by atoms with Crippen LogP contribution >= 0.6 is 0 Å². The molecule has 8 heteroatoms. The summed E-state index contributed by atoms with van der Waals surface area (Å²) in [5.41, 5.74) is 9.44. The highest BCUT2D eigenvalue weighted by atomic mass is 16.5. The Balaban J connectivity index is 1.16. The van der Waals surface area contributed by atoms with Gasteiger partial charge < -0.3 is 21.1 Å². The van der Waals surface area contributed by atoms with Crippen LogP contribution < -0.4 is 21.1 Å². The molecule has 1 saturated carbocycles. The monoisotopic (exact) mass is 419 g/mol. The van der Waals surface area contributed by atoms with Crippen LogP contribution in [0.15, 0.2) is 36.9 Å². The average molecular weight is 420 g/mol. The molecule has 5 rings (SSSR count). The third-order valence-corrected chi connectivity index (χ3v) is 6.34. The molecule has 2 aromatic heterocycles. The lowest BCUT2D eigenvalue weighted by Crippen LogP contribution is -2.32. The molecule has 2 fully saturated rings. The zero-order chi connectivity index (χ0) is 21.0. The van der Waals surface area contributed by atoms with Crippen molar-refractivity contribution < 1.29 is 4.74 Å². The van der Waals surface area contributed by atoms with Gasteiger partial charge in [0.2, 0.25) is 5.95 Å². The fourth-order valence-electron chi connectivity index (χ4n) is 4.62. The second-order valence-electron chi connectivity index (χ2n) is 8.54. The Morgan fingerprint density at radius 1 is 0.903 bits per heavy atom. The number of hydrogen-bond donors (Lipinski definition) is 3. The zero-order valence-electron chi connectivity index (χ0n) is 17.6. The summed E-state index contributed by atoms with van der Waals surface area (Å²) in [5.74, 6) is 2.02. The van der Waals surface area contributed by atoms with Crippen molar-refractivity contribution in [3.05, 3.63) is 42.5 Å². The van der Waals surface area contributed by atoms with Gasteiger partial charge in [0.25, 0.3) is 0 Å². The van der Waals surface area contributed by atoms with Crippen LogP contribution in [0.25, 0.3) is 11.0 Å². The van der Waals surface area contributed by atoms with Crippen molar-refractivity contribution in [3.63, 3.8) is 0 Å². The number of anilines is 2. The average Bonchev–Trinajstić information content (AvgIpc) is 2.81. The molecule has 0 bridgehead atoms. The fourth-order valence-corrected chi connectivity index (χ4v) is 4.62. The number of ether oxygens (including phenoxy) is 1. The summed E-state index contributed by atoms with van der Waals surface area (Å²) >= 11 is 0. The predicted octanol–water partition coefficient (Wildman–Crippen LogP) is 3.27. The molecule has 8 nitrogen and oxygen atoms in total. The Morgan fingerprint density at radius 3 is 2.42 bits per heavy atom. The van der Waals surface area contributed by atoms with Crippen molar-refractivity contribution in [3.8, 4) is 5.75 Å². The second-order valence-corrected chi connectivity index (χ2v) is 8.54. The minimum Gasteiger partial charge on any atom is -0.488 e. The molecule has 3 heterocycles. The highest BCUT2D eigenvalue weighted by Crippen LogP contribution is 2.31. The Morgan fingerprint density at radius 2 is 1.65 bits per heavy atom. The van der Waals surface area contributed by atoms with Crippen LogP contribution in [0, 0.1) is 0 Å². The molecule has 31 heavy (non-hydrogen) atoms. The quantitative estimate of drug-likeness (QED) is 0.541. The molecule has 1 saturated heterocycles. The van der Waals surface area contributed by atoms with Crippen molar-refractivity contribution in [1.82, 2.24) is 25.3 Å². The lowest BCUT2D eigenvalue weighted by atomic mass is 9.92. The van der Waals surface area contributed by atoms with Crippen LogP contribution in [0.5, 0.6) is 5.75 Å². The number of aromatic nitrogens is 4. The Bertz CT molecular complexity index is 1010. The van der Waals surface area contributed by atoms with Gasteiger partial charge in [-0.2, -0.15) is 0 Å². The lowest BCUT2D eigenvalue weighted by Gasteiger charge is -2.30. The summed E-state index contributed by atoms with van der Waals surface area (Å²) in [6, 6.07) is 4.04. The first kappa shape index (κ1) is 19.9. The molecule has 0 radical (unpaired) electrons. The Hall–Kier alpha value is -3.00. The largest absolute Gasteiger partial charge is 0.488 e. The molecule has 0 atom stereocenters. The van der Waals surface area contributed by atoms with Gasteiger partial charge in [0.1, 0.15) is 11.3 Å². The number of piperidine rings is 1. The molecular formula is C23H29N7O. The van der Waals surface area contributed by atoms with Crippen molar-refractivity contribution in [1.29, 1.82) is 0 Å². The van der Waals surface area contributed by atoms with E-state index < -0.39 is 0 Å². The van der Waals surface area contributed by atoms with Crippen molar-refractivity contribution in [2.24, 2.45) is 0 Å². The van der Waals surface area contributed by atoms with E-state index in [1.165, 1.54) is 5.56 Å². The van der Waals surface area contributed by atoms with Crippen LogP contribution in [0.3, 0.4) is 0 Å². The molecule has 0 amide bonds. The number of fused-ring (bicyclic) bond motifs is 1. The smallest absolute Gasteiger partial charge is 0.222 e. The van der Waals surface area contributed by atoms with Crippen molar-refractivity contribution in [2.45, 2.75) is 56.6 Å². The summed E-state index contributed by atoms with van der Waals surface area (Å²) in [5, 5.41) is 6.91. The summed E-state index contributed by atoms with van der Waals surface area (Å²) in [7, 11) is 0. The molecule has 1 aliphatic heterocycles. The number of nitrogen functional groups attached to an aromatic ring is 1. The zero-order valence-corrected chi connectivity index (χ0v) is 17.6. The number of nitrogens with two attached hydrogens (primary N) is 1. The first-order valence-corrected chi connectivity index (χ1v) is 11.2. The highest BCUT2D eigenvalue weighted by Gasteiger charge is 2.24. The van der Waals surface area contributed by atoms with Gasteiger partial charge in [0.15, 0.2) is 0 Å². The van der Waals surface area contributed by atoms with Gasteiger partial charge in [-0.05, 0) is 69.2 Å². The first-order chi connectivity index (χ1) is 15.2. The summed E-state index contributed by atoms with van der Waals surface area (Å²) in [6.07, 6.45) is 13.7. The maximum Gasteiger partial charge on any atom is 0.222 e. The van der Waals surface area contributed by atoms with E-state index in [-0.39, 0.29) is 6.10 Å². The summed E-state index contributed by atoms with van der Waals surface area (Å²) in [6.45, 7) is 2.15. The SMILES string of the molecule is Nc1cc(OC2CCC(Nc3ncc(C4CCNCC4)cn3)CC2)c2nccnc2c1. The third kappa shape index (κ3) is 4.69. The minimum atomic E-state index is 0.147. The van der Waals surface area contributed by atoms with E-state index in [2.05, 4.69) is 30.6 Å². The number of benzene rings is 1. The van der Waals surface area contributed by atoms with E-state index in [0.29, 0.717) is 17.6 Å². The summed E-state index contributed by atoms with van der Waals surface area (Å²) < 4.78 is 6.28. The van der Waals surface area contributed by atoms with Crippen molar-refractivity contribution in [2.75, 3.05) is 24.1 Å². The normalized spacial score (nSPS) is 22.3. The van der Waals surface area contributed by atoms with E-state index in [1.54, 1.807) is 12.4 Å².